The van der Waals surface area contributed by atoms with Gasteiger partial charge >= 0.3 is 0 Å². The lowest BCUT2D eigenvalue weighted by Gasteiger charge is -2.19. The summed E-state index contributed by atoms with van der Waals surface area (Å²) in [5, 5.41) is 2.94. The third kappa shape index (κ3) is 4.78. The maximum Gasteiger partial charge on any atom is 0.211 e. The summed E-state index contributed by atoms with van der Waals surface area (Å²) >= 11 is 0. The molecule has 0 aromatic heterocycles. The first-order valence-electron chi connectivity index (χ1n) is 5.77. The standard InChI is InChI=1S/C10H22N2O3S/c1-9(10-4-6-15-8-10)12-16(13,14)7-3-5-11-2/h9-12H,3-8H2,1-2H3. The van der Waals surface area contributed by atoms with Crippen LogP contribution in [0.4, 0.5) is 0 Å². The number of nitrogens with one attached hydrogen (secondary N) is 2. The maximum atomic E-state index is 11.7. The average molecular weight is 250 g/mol. The first-order valence-corrected chi connectivity index (χ1v) is 7.43. The molecule has 1 aliphatic heterocycles. The predicted octanol–water partition coefficient (Wildman–Crippen LogP) is -0.0597. The zero-order chi connectivity index (χ0) is 12.0. The van der Waals surface area contributed by atoms with E-state index >= 15 is 0 Å². The molecule has 0 aromatic carbocycles. The second-order valence-corrected chi connectivity index (χ2v) is 6.18. The number of hydrogen-bond donors (Lipinski definition) is 2. The molecule has 1 fully saturated rings. The first-order chi connectivity index (χ1) is 7.55. The van der Waals surface area contributed by atoms with Crippen molar-refractivity contribution in [2.75, 3.05) is 32.6 Å². The molecule has 0 radical (unpaired) electrons. The number of hydrogen-bond acceptors (Lipinski definition) is 4. The average Bonchev–Trinajstić information content (AvgIpc) is 2.69. The van der Waals surface area contributed by atoms with Crippen LogP contribution in [0, 0.1) is 5.92 Å². The van der Waals surface area contributed by atoms with Gasteiger partial charge in [0.25, 0.3) is 0 Å². The lowest BCUT2D eigenvalue weighted by Crippen LogP contribution is -2.39. The van der Waals surface area contributed by atoms with Crippen LogP contribution in [-0.2, 0) is 14.8 Å². The summed E-state index contributed by atoms with van der Waals surface area (Å²) in [7, 11) is -1.32. The highest BCUT2D eigenvalue weighted by atomic mass is 32.2. The van der Waals surface area contributed by atoms with E-state index in [9.17, 15) is 8.42 Å². The molecule has 1 saturated heterocycles. The fourth-order valence-corrected chi connectivity index (χ4v) is 3.23. The Labute approximate surface area is 98.0 Å². The van der Waals surface area contributed by atoms with E-state index in [1.807, 2.05) is 14.0 Å². The first kappa shape index (κ1) is 13.9. The van der Waals surface area contributed by atoms with Crippen molar-refractivity contribution >= 4 is 10.0 Å². The molecule has 5 nitrogen and oxygen atoms in total. The maximum absolute atomic E-state index is 11.7. The van der Waals surface area contributed by atoms with E-state index in [0.29, 0.717) is 18.9 Å². The van der Waals surface area contributed by atoms with Gasteiger partial charge in [-0.2, -0.15) is 0 Å². The second-order valence-electron chi connectivity index (χ2n) is 4.31. The van der Waals surface area contributed by atoms with E-state index < -0.39 is 10.0 Å². The van der Waals surface area contributed by atoms with Crippen LogP contribution in [0.3, 0.4) is 0 Å². The fourth-order valence-electron chi connectivity index (χ4n) is 1.82. The van der Waals surface area contributed by atoms with Gasteiger partial charge in [0.1, 0.15) is 0 Å². The number of ether oxygens (including phenoxy) is 1. The van der Waals surface area contributed by atoms with Crippen molar-refractivity contribution in [1.29, 1.82) is 0 Å². The van der Waals surface area contributed by atoms with Gasteiger partial charge in [0.05, 0.1) is 12.4 Å². The fraction of sp³-hybridized carbons (Fsp3) is 1.00. The number of rotatable bonds is 7. The van der Waals surface area contributed by atoms with E-state index in [-0.39, 0.29) is 11.8 Å². The van der Waals surface area contributed by atoms with Gasteiger partial charge in [-0.25, -0.2) is 13.1 Å². The van der Waals surface area contributed by atoms with Crippen LogP contribution in [0.1, 0.15) is 19.8 Å². The monoisotopic (exact) mass is 250 g/mol. The van der Waals surface area contributed by atoms with Crippen molar-refractivity contribution in [3.8, 4) is 0 Å². The normalized spacial score (nSPS) is 23.5. The molecule has 0 amide bonds. The topological polar surface area (TPSA) is 67.4 Å². The summed E-state index contributed by atoms with van der Waals surface area (Å²) in [4.78, 5) is 0. The summed E-state index contributed by atoms with van der Waals surface area (Å²) in [6.07, 6.45) is 1.58. The van der Waals surface area contributed by atoms with Crippen LogP contribution in [0.5, 0.6) is 0 Å². The highest BCUT2D eigenvalue weighted by Crippen LogP contribution is 2.16. The minimum Gasteiger partial charge on any atom is -0.381 e. The van der Waals surface area contributed by atoms with E-state index in [4.69, 9.17) is 4.74 Å². The van der Waals surface area contributed by atoms with E-state index in [2.05, 4.69) is 10.0 Å². The Morgan fingerprint density at radius 2 is 2.25 bits per heavy atom. The Hall–Kier alpha value is -0.170. The lowest BCUT2D eigenvalue weighted by atomic mass is 10.0. The summed E-state index contributed by atoms with van der Waals surface area (Å²) in [6.45, 7) is 4.05. The minimum absolute atomic E-state index is 0.0258. The molecule has 2 atom stereocenters. The molecule has 6 heteroatoms. The van der Waals surface area contributed by atoms with Gasteiger partial charge in [-0.05, 0) is 33.4 Å². The molecule has 1 heterocycles. The van der Waals surface area contributed by atoms with Crippen molar-refractivity contribution in [3.05, 3.63) is 0 Å². The molecule has 1 rings (SSSR count). The number of sulfonamides is 1. The van der Waals surface area contributed by atoms with Crippen LogP contribution >= 0.6 is 0 Å². The van der Waals surface area contributed by atoms with Crippen LogP contribution in [-0.4, -0.2) is 47.0 Å². The van der Waals surface area contributed by atoms with Gasteiger partial charge in [0.15, 0.2) is 0 Å². The van der Waals surface area contributed by atoms with E-state index in [0.717, 1.165) is 19.6 Å². The quantitative estimate of drug-likeness (QED) is 0.621. The van der Waals surface area contributed by atoms with Crippen molar-refractivity contribution in [2.24, 2.45) is 5.92 Å². The smallest absolute Gasteiger partial charge is 0.211 e. The Bertz CT molecular complexity index is 286. The summed E-state index contributed by atoms with van der Waals surface area (Å²) in [5.74, 6) is 0.505. The highest BCUT2D eigenvalue weighted by Gasteiger charge is 2.25. The zero-order valence-electron chi connectivity index (χ0n) is 10.0. The van der Waals surface area contributed by atoms with E-state index in [1.54, 1.807) is 0 Å². The molecule has 96 valence electrons. The molecular weight excluding hydrogens is 228 g/mol. The van der Waals surface area contributed by atoms with Crippen LogP contribution in [0.2, 0.25) is 0 Å². The largest absolute Gasteiger partial charge is 0.381 e. The molecule has 0 saturated carbocycles. The molecule has 0 aliphatic carbocycles. The molecule has 0 aromatic rings. The van der Waals surface area contributed by atoms with Crippen LogP contribution < -0.4 is 10.0 Å². The van der Waals surface area contributed by atoms with Gasteiger partial charge in [0.2, 0.25) is 10.0 Å². The van der Waals surface area contributed by atoms with Gasteiger partial charge in [-0.3, -0.25) is 0 Å². The molecule has 1 aliphatic rings. The van der Waals surface area contributed by atoms with E-state index in [1.165, 1.54) is 0 Å². The van der Waals surface area contributed by atoms with Gasteiger partial charge in [0, 0.05) is 18.6 Å². The van der Waals surface area contributed by atoms with Crippen LogP contribution in [0.15, 0.2) is 0 Å². The summed E-state index contributed by atoms with van der Waals surface area (Å²) in [5.41, 5.74) is 0. The third-order valence-corrected chi connectivity index (χ3v) is 4.43. The van der Waals surface area contributed by atoms with Crippen molar-refractivity contribution in [2.45, 2.75) is 25.8 Å². The molecule has 0 bridgehead atoms. The van der Waals surface area contributed by atoms with Gasteiger partial charge < -0.3 is 10.1 Å². The lowest BCUT2D eigenvalue weighted by molar-refractivity contribution is 0.180. The Balaban J connectivity index is 2.33. The SMILES string of the molecule is CNCCCS(=O)(=O)NC(C)C1CCOC1. The summed E-state index contributed by atoms with van der Waals surface area (Å²) < 4.78 is 31.4. The van der Waals surface area contributed by atoms with Crippen molar-refractivity contribution in [3.63, 3.8) is 0 Å². The van der Waals surface area contributed by atoms with Crippen LogP contribution in [0.25, 0.3) is 0 Å². The van der Waals surface area contributed by atoms with Crippen molar-refractivity contribution in [1.82, 2.24) is 10.0 Å². The Morgan fingerprint density at radius 1 is 1.50 bits per heavy atom. The molecule has 2 unspecified atom stereocenters. The Morgan fingerprint density at radius 3 is 2.81 bits per heavy atom. The molecule has 0 spiro atoms. The molecule has 2 N–H and O–H groups in total. The summed E-state index contributed by atoms with van der Waals surface area (Å²) in [6, 6.07) is -0.0258. The molecule has 16 heavy (non-hydrogen) atoms. The predicted molar refractivity (Wildman–Crippen MR) is 63.9 cm³/mol. The van der Waals surface area contributed by atoms with Gasteiger partial charge in [-0.1, -0.05) is 0 Å². The minimum atomic E-state index is -3.14. The Kier molecular flexibility index (Phi) is 5.68. The van der Waals surface area contributed by atoms with Crippen molar-refractivity contribution < 1.29 is 13.2 Å². The van der Waals surface area contributed by atoms with Gasteiger partial charge in [-0.15, -0.1) is 0 Å². The zero-order valence-corrected chi connectivity index (χ0v) is 10.8. The molecular formula is C10H22N2O3S. The second kappa shape index (κ2) is 6.54. The highest BCUT2D eigenvalue weighted by molar-refractivity contribution is 7.89. The third-order valence-electron chi connectivity index (χ3n) is 2.88.